The zero-order valence-electron chi connectivity index (χ0n) is 17.8. The van der Waals surface area contributed by atoms with E-state index in [1.54, 1.807) is 30.0 Å². The van der Waals surface area contributed by atoms with Crippen LogP contribution in [0.4, 0.5) is 5.69 Å². The average Bonchev–Trinajstić information content (AvgIpc) is 3.36. The minimum Gasteiger partial charge on any atom is -0.376 e. The molecule has 4 rings (SSSR count). The number of rotatable bonds is 8. The van der Waals surface area contributed by atoms with Crippen molar-refractivity contribution in [2.24, 2.45) is 0 Å². The van der Waals surface area contributed by atoms with Crippen molar-refractivity contribution in [1.29, 1.82) is 0 Å². The van der Waals surface area contributed by atoms with Gasteiger partial charge in [-0.25, -0.2) is 0 Å². The first kappa shape index (κ1) is 22.1. The summed E-state index contributed by atoms with van der Waals surface area (Å²) in [7, 11) is 0. The van der Waals surface area contributed by atoms with E-state index in [0.29, 0.717) is 23.4 Å². The van der Waals surface area contributed by atoms with E-state index >= 15 is 0 Å². The Hall–Kier alpha value is -3.09. The van der Waals surface area contributed by atoms with Crippen LogP contribution < -0.4 is 10.6 Å². The summed E-state index contributed by atoms with van der Waals surface area (Å²) in [5, 5.41) is 5.85. The quantitative estimate of drug-likeness (QED) is 0.470. The second-order valence-electron chi connectivity index (χ2n) is 7.62. The van der Waals surface area contributed by atoms with E-state index in [2.05, 4.69) is 22.8 Å². The maximum absolute atomic E-state index is 13.1. The summed E-state index contributed by atoms with van der Waals surface area (Å²) in [4.78, 5) is 26.8. The van der Waals surface area contributed by atoms with Crippen molar-refractivity contribution in [1.82, 2.24) is 5.32 Å². The zero-order chi connectivity index (χ0) is 22.2. The zero-order valence-corrected chi connectivity index (χ0v) is 18.6. The van der Waals surface area contributed by atoms with Crippen molar-refractivity contribution in [3.05, 3.63) is 95.6 Å². The van der Waals surface area contributed by atoms with E-state index in [-0.39, 0.29) is 17.9 Å². The lowest BCUT2D eigenvalue weighted by Crippen LogP contribution is -2.32. The van der Waals surface area contributed by atoms with Gasteiger partial charge in [0, 0.05) is 23.8 Å². The molecule has 1 heterocycles. The van der Waals surface area contributed by atoms with Crippen LogP contribution in [0.2, 0.25) is 0 Å². The molecule has 5 nitrogen and oxygen atoms in total. The summed E-state index contributed by atoms with van der Waals surface area (Å²) in [5.41, 5.74) is 2.71. The molecule has 0 spiro atoms. The number of benzene rings is 3. The van der Waals surface area contributed by atoms with Gasteiger partial charge < -0.3 is 15.4 Å². The van der Waals surface area contributed by atoms with Crippen LogP contribution in [0, 0.1) is 0 Å². The molecule has 1 saturated heterocycles. The predicted octanol–water partition coefficient (Wildman–Crippen LogP) is 5.14. The lowest BCUT2D eigenvalue weighted by Gasteiger charge is -2.14. The third-order valence-corrected chi connectivity index (χ3v) is 6.45. The maximum Gasteiger partial charge on any atom is 0.256 e. The number of carbonyl (C=O) groups excluding carboxylic acids is 2. The molecule has 1 atom stereocenters. The molecule has 164 valence electrons. The number of para-hydroxylation sites is 1. The molecule has 0 saturated carbocycles. The summed E-state index contributed by atoms with van der Waals surface area (Å²) < 4.78 is 5.57. The standard InChI is InChI=1S/C26H26N2O3S/c29-25(27-17-20-11-8-16-31-20)21-12-4-6-14-23(21)28-26(30)22-13-5-7-15-24(22)32-18-19-9-2-1-3-10-19/h1-7,9-10,12-15,20H,8,11,16-18H2,(H,27,29)(H,28,30)/t20-/m1/s1. The Morgan fingerprint density at radius 2 is 1.59 bits per heavy atom. The van der Waals surface area contributed by atoms with Gasteiger partial charge in [0.1, 0.15) is 0 Å². The van der Waals surface area contributed by atoms with Crippen molar-refractivity contribution in [3.63, 3.8) is 0 Å². The van der Waals surface area contributed by atoms with Crippen LogP contribution in [0.1, 0.15) is 39.1 Å². The Morgan fingerprint density at radius 1 is 0.875 bits per heavy atom. The molecule has 2 amide bonds. The van der Waals surface area contributed by atoms with Gasteiger partial charge in [-0.3, -0.25) is 9.59 Å². The number of nitrogens with one attached hydrogen (secondary N) is 2. The lowest BCUT2D eigenvalue weighted by atomic mass is 10.1. The van der Waals surface area contributed by atoms with Gasteiger partial charge >= 0.3 is 0 Å². The fourth-order valence-corrected chi connectivity index (χ4v) is 4.61. The van der Waals surface area contributed by atoms with Crippen LogP contribution in [0.15, 0.2) is 83.8 Å². The van der Waals surface area contributed by atoms with Gasteiger partial charge in [0.25, 0.3) is 11.8 Å². The van der Waals surface area contributed by atoms with Crippen molar-refractivity contribution in [3.8, 4) is 0 Å². The van der Waals surface area contributed by atoms with E-state index in [9.17, 15) is 9.59 Å². The molecule has 6 heteroatoms. The van der Waals surface area contributed by atoms with Gasteiger partial charge in [-0.2, -0.15) is 0 Å². The second-order valence-corrected chi connectivity index (χ2v) is 8.63. The lowest BCUT2D eigenvalue weighted by molar-refractivity contribution is 0.0858. The smallest absolute Gasteiger partial charge is 0.256 e. The van der Waals surface area contributed by atoms with Crippen LogP contribution in [0.25, 0.3) is 0 Å². The Balaban J connectivity index is 1.44. The van der Waals surface area contributed by atoms with Crippen LogP contribution >= 0.6 is 11.8 Å². The molecular weight excluding hydrogens is 420 g/mol. The van der Waals surface area contributed by atoms with Gasteiger partial charge in [0.15, 0.2) is 0 Å². The van der Waals surface area contributed by atoms with Crippen molar-refractivity contribution < 1.29 is 14.3 Å². The first-order valence-corrected chi connectivity index (χ1v) is 11.8. The maximum atomic E-state index is 13.1. The van der Waals surface area contributed by atoms with Crippen LogP contribution in [0.3, 0.4) is 0 Å². The number of hydrogen-bond acceptors (Lipinski definition) is 4. The normalized spacial score (nSPS) is 15.3. The molecule has 1 aliphatic heterocycles. The molecule has 0 unspecified atom stereocenters. The number of carbonyl (C=O) groups is 2. The topological polar surface area (TPSA) is 67.4 Å². The molecule has 1 aliphatic rings. The molecule has 2 N–H and O–H groups in total. The summed E-state index contributed by atoms with van der Waals surface area (Å²) in [6, 6.07) is 24.7. The Bertz CT molecular complexity index is 1070. The average molecular weight is 447 g/mol. The van der Waals surface area contributed by atoms with Crippen molar-refractivity contribution in [2.75, 3.05) is 18.5 Å². The van der Waals surface area contributed by atoms with E-state index in [0.717, 1.165) is 30.1 Å². The van der Waals surface area contributed by atoms with E-state index in [1.807, 2.05) is 48.5 Å². The van der Waals surface area contributed by atoms with Crippen LogP contribution in [0.5, 0.6) is 0 Å². The molecule has 1 fully saturated rings. The molecular formula is C26H26N2O3S. The third-order valence-electron chi connectivity index (χ3n) is 5.30. The van der Waals surface area contributed by atoms with E-state index < -0.39 is 0 Å². The van der Waals surface area contributed by atoms with Gasteiger partial charge in [-0.15, -0.1) is 11.8 Å². The Labute approximate surface area is 192 Å². The van der Waals surface area contributed by atoms with E-state index in [4.69, 9.17) is 4.74 Å². The summed E-state index contributed by atoms with van der Waals surface area (Å²) >= 11 is 1.62. The first-order valence-electron chi connectivity index (χ1n) is 10.8. The van der Waals surface area contributed by atoms with Gasteiger partial charge in [0.05, 0.1) is 22.9 Å². The fraction of sp³-hybridized carbons (Fsp3) is 0.231. The molecule has 3 aromatic carbocycles. The Morgan fingerprint density at radius 3 is 2.38 bits per heavy atom. The highest BCUT2D eigenvalue weighted by atomic mass is 32.2. The monoisotopic (exact) mass is 446 g/mol. The SMILES string of the molecule is O=C(NC[C@H]1CCCO1)c1ccccc1NC(=O)c1ccccc1SCc1ccccc1. The molecule has 0 radical (unpaired) electrons. The van der Waals surface area contributed by atoms with Crippen molar-refractivity contribution >= 4 is 29.3 Å². The third kappa shape index (κ3) is 5.78. The first-order chi connectivity index (χ1) is 15.7. The summed E-state index contributed by atoms with van der Waals surface area (Å²) in [6.45, 7) is 1.22. The minimum absolute atomic E-state index is 0.0641. The molecule has 3 aromatic rings. The van der Waals surface area contributed by atoms with Gasteiger partial charge in [0.2, 0.25) is 0 Å². The van der Waals surface area contributed by atoms with Crippen LogP contribution in [-0.4, -0.2) is 31.1 Å². The number of anilines is 1. The molecule has 0 aromatic heterocycles. The summed E-state index contributed by atoms with van der Waals surface area (Å²) in [6.07, 6.45) is 2.04. The largest absolute Gasteiger partial charge is 0.376 e. The summed E-state index contributed by atoms with van der Waals surface area (Å²) in [5.74, 6) is 0.316. The highest BCUT2D eigenvalue weighted by molar-refractivity contribution is 7.98. The Kier molecular flexibility index (Phi) is 7.59. The number of amides is 2. The molecule has 0 aliphatic carbocycles. The minimum atomic E-state index is -0.236. The van der Waals surface area contributed by atoms with E-state index in [1.165, 1.54) is 5.56 Å². The number of thioether (sulfide) groups is 1. The van der Waals surface area contributed by atoms with Crippen LogP contribution in [-0.2, 0) is 10.5 Å². The predicted molar refractivity (Wildman–Crippen MR) is 128 cm³/mol. The molecule has 32 heavy (non-hydrogen) atoms. The second kappa shape index (κ2) is 11.0. The van der Waals surface area contributed by atoms with Gasteiger partial charge in [-0.05, 0) is 42.7 Å². The van der Waals surface area contributed by atoms with Crippen molar-refractivity contribution in [2.45, 2.75) is 29.6 Å². The highest BCUT2D eigenvalue weighted by Gasteiger charge is 2.19. The number of hydrogen-bond donors (Lipinski definition) is 2. The van der Waals surface area contributed by atoms with Gasteiger partial charge in [-0.1, -0.05) is 54.6 Å². The number of ether oxygens (including phenoxy) is 1. The highest BCUT2D eigenvalue weighted by Crippen LogP contribution is 2.27. The fourth-order valence-electron chi connectivity index (χ4n) is 3.60. The molecule has 0 bridgehead atoms.